The molecule has 5 heteroatoms. The summed E-state index contributed by atoms with van der Waals surface area (Å²) < 4.78 is 15.5. The van der Waals surface area contributed by atoms with Crippen LogP contribution in [0.1, 0.15) is 39.7 Å². The first-order valence-electron chi connectivity index (χ1n) is 6.56. The topological polar surface area (TPSA) is 43.8 Å². The lowest BCUT2D eigenvalue weighted by molar-refractivity contribution is 0.407. The minimum atomic E-state index is -0.439. The number of halogens is 2. The number of fused-ring (bicyclic) bond motifs is 1. The molecule has 0 fully saturated rings. The van der Waals surface area contributed by atoms with Crippen LogP contribution in [0.3, 0.4) is 0 Å². The Bertz CT molecular complexity index is 594. The zero-order valence-corrected chi connectivity index (χ0v) is 12.2. The van der Waals surface area contributed by atoms with Crippen molar-refractivity contribution in [2.45, 2.75) is 39.7 Å². The molecule has 0 saturated heterocycles. The number of rotatable bonds is 4. The number of benzene rings is 1. The molecule has 1 aromatic carbocycles. The number of aromatic nitrogens is 2. The largest absolute Gasteiger partial charge is 0.369 e. The van der Waals surface area contributed by atoms with Gasteiger partial charge in [0.15, 0.2) is 0 Å². The molecule has 1 aromatic heterocycles. The SMILES string of the molecule is CCC(C)CC(C)n1c(N)nc2cc(Cl)c(F)cc21. The van der Waals surface area contributed by atoms with Gasteiger partial charge in [-0.05, 0) is 25.3 Å². The molecule has 0 saturated carbocycles. The Morgan fingerprint density at radius 1 is 1.42 bits per heavy atom. The standard InChI is InChI=1S/C14H19ClFN3/c1-4-8(2)5-9(3)19-13-7-11(16)10(15)6-12(13)18-14(19)17/h6-9H,4-5H2,1-3H3,(H2,17,18). The van der Waals surface area contributed by atoms with E-state index in [2.05, 4.69) is 25.8 Å². The summed E-state index contributed by atoms with van der Waals surface area (Å²) in [6, 6.07) is 3.11. The third kappa shape index (κ3) is 2.68. The van der Waals surface area contributed by atoms with E-state index in [1.165, 1.54) is 12.1 Å². The van der Waals surface area contributed by atoms with E-state index in [1.54, 1.807) is 0 Å². The molecule has 0 amide bonds. The fourth-order valence-electron chi connectivity index (χ4n) is 2.43. The maximum absolute atomic E-state index is 13.6. The van der Waals surface area contributed by atoms with Gasteiger partial charge in [0.25, 0.3) is 0 Å². The Labute approximate surface area is 117 Å². The summed E-state index contributed by atoms with van der Waals surface area (Å²) in [5, 5.41) is 0.0757. The van der Waals surface area contributed by atoms with Gasteiger partial charge < -0.3 is 10.3 Å². The normalized spacial score (nSPS) is 14.8. The van der Waals surface area contributed by atoms with Gasteiger partial charge in [-0.15, -0.1) is 0 Å². The van der Waals surface area contributed by atoms with Gasteiger partial charge in [0.05, 0.1) is 16.1 Å². The zero-order chi connectivity index (χ0) is 14.2. The smallest absolute Gasteiger partial charge is 0.201 e. The molecule has 2 N–H and O–H groups in total. The molecule has 19 heavy (non-hydrogen) atoms. The average Bonchev–Trinajstić information content (AvgIpc) is 2.65. The van der Waals surface area contributed by atoms with Gasteiger partial charge in [0.1, 0.15) is 5.82 Å². The van der Waals surface area contributed by atoms with Crippen molar-refractivity contribution in [2.75, 3.05) is 5.73 Å². The third-order valence-corrected chi connectivity index (χ3v) is 3.93. The van der Waals surface area contributed by atoms with Crippen LogP contribution in [0.4, 0.5) is 10.3 Å². The Balaban J connectivity index is 2.47. The highest BCUT2D eigenvalue weighted by molar-refractivity contribution is 6.31. The van der Waals surface area contributed by atoms with E-state index in [1.807, 2.05) is 4.57 Å². The average molecular weight is 284 g/mol. The predicted octanol–water partition coefficient (Wildman–Crippen LogP) is 4.41. The van der Waals surface area contributed by atoms with Crippen molar-refractivity contribution in [3.05, 3.63) is 23.0 Å². The van der Waals surface area contributed by atoms with Gasteiger partial charge in [-0.2, -0.15) is 0 Å². The molecule has 2 rings (SSSR count). The molecule has 0 aliphatic heterocycles. The number of imidazole rings is 1. The molecule has 2 unspecified atom stereocenters. The highest BCUT2D eigenvalue weighted by Crippen LogP contribution is 2.30. The van der Waals surface area contributed by atoms with Crippen LogP contribution in [0.2, 0.25) is 5.02 Å². The number of nitrogens with zero attached hydrogens (tertiary/aromatic N) is 2. The van der Waals surface area contributed by atoms with Crippen LogP contribution >= 0.6 is 11.6 Å². The lowest BCUT2D eigenvalue weighted by Crippen LogP contribution is -2.12. The lowest BCUT2D eigenvalue weighted by atomic mass is 10.00. The molecule has 0 radical (unpaired) electrons. The summed E-state index contributed by atoms with van der Waals surface area (Å²) in [6.07, 6.45) is 2.09. The molecular weight excluding hydrogens is 265 g/mol. The van der Waals surface area contributed by atoms with Gasteiger partial charge in [0, 0.05) is 12.1 Å². The first kappa shape index (κ1) is 14.1. The maximum atomic E-state index is 13.6. The zero-order valence-electron chi connectivity index (χ0n) is 11.5. The third-order valence-electron chi connectivity index (χ3n) is 3.64. The van der Waals surface area contributed by atoms with E-state index >= 15 is 0 Å². The van der Waals surface area contributed by atoms with Gasteiger partial charge >= 0.3 is 0 Å². The second kappa shape index (κ2) is 5.37. The summed E-state index contributed by atoms with van der Waals surface area (Å²) in [4.78, 5) is 4.26. The monoisotopic (exact) mass is 283 g/mol. The minimum absolute atomic E-state index is 0.0757. The molecule has 0 aliphatic carbocycles. The van der Waals surface area contributed by atoms with Crippen molar-refractivity contribution in [3.63, 3.8) is 0 Å². The Morgan fingerprint density at radius 2 is 2.11 bits per heavy atom. The molecular formula is C14H19ClFN3. The second-order valence-corrected chi connectivity index (χ2v) is 5.60. The van der Waals surface area contributed by atoms with Crippen molar-refractivity contribution in [2.24, 2.45) is 5.92 Å². The Kier molecular flexibility index (Phi) is 3.99. The molecule has 3 nitrogen and oxygen atoms in total. The van der Waals surface area contributed by atoms with Crippen molar-refractivity contribution >= 4 is 28.6 Å². The molecule has 2 atom stereocenters. The number of nitrogen functional groups attached to an aromatic ring is 1. The van der Waals surface area contributed by atoms with E-state index in [4.69, 9.17) is 17.3 Å². The summed E-state index contributed by atoms with van der Waals surface area (Å²) in [6.45, 7) is 6.44. The summed E-state index contributed by atoms with van der Waals surface area (Å²) >= 11 is 5.77. The lowest BCUT2D eigenvalue weighted by Gasteiger charge is -2.19. The van der Waals surface area contributed by atoms with Crippen LogP contribution in [0, 0.1) is 11.7 Å². The highest BCUT2D eigenvalue weighted by Gasteiger charge is 2.17. The fourth-order valence-corrected chi connectivity index (χ4v) is 2.58. The van der Waals surface area contributed by atoms with Crippen molar-refractivity contribution in [1.29, 1.82) is 0 Å². The van der Waals surface area contributed by atoms with E-state index in [-0.39, 0.29) is 11.1 Å². The Morgan fingerprint density at radius 3 is 2.74 bits per heavy atom. The number of hydrogen-bond donors (Lipinski definition) is 1. The second-order valence-electron chi connectivity index (χ2n) is 5.19. The van der Waals surface area contributed by atoms with Crippen LogP contribution in [-0.2, 0) is 0 Å². The number of anilines is 1. The first-order chi connectivity index (χ1) is 8.93. The van der Waals surface area contributed by atoms with E-state index in [0.717, 1.165) is 12.8 Å². The van der Waals surface area contributed by atoms with Gasteiger partial charge in [-0.1, -0.05) is 31.9 Å². The van der Waals surface area contributed by atoms with Crippen LogP contribution in [0.5, 0.6) is 0 Å². The summed E-state index contributed by atoms with van der Waals surface area (Å²) in [7, 11) is 0. The molecule has 0 bridgehead atoms. The number of nitrogens with two attached hydrogens (primary N) is 1. The maximum Gasteiger partial charge on any atom is 0.201 e. The minimum Gasteiger partial charge on any atom is -0.369 e. The van der Waals surface area contributed by atoms with Crippen molar-refractivity contribution < 1.29 is 4.39 Å². The van der Waals surface area contributed by atoms with Gasteiger partial charge in [-0.25, -0.2) is 9.37 Å². The van der Waals surface area contributed by atoms with Crippen molar-refractivity contribution in [3.8, 4) is 0 Å². The van der Waals surface area contributed by atoms with Crippen LogP contribution in [0.25, 0.3) is 11.0 Å². The number of hydrogen-bond acceptors (Lipinski definition) is 2. The summed E-state index contributed by atoms with van der Waals surface area (Å²) in [5.74, 6) is 0.558. The van der Waals surface area contributed by atoms with E-state index in [0.29, 0.717) is 22.9 Å². The molecule has 0 spiro atoms. The van der Waals surface area contributed by atoms with Gasteiger partial charge in [-0.3, -0.25) is 0 Å². The van der Waals surface area contributed by atoms with Crippen molar-refractivity contribution in [1.82, 2.24) is 9.55 Å². The highest BCUT2D eigenvalue weighted by atomic mass is 35.5. The molecule has 2 aromatic rings. The van der Waals surface area contributed by atoms with E-state index in [9.17, 15) is 4.39 Å². The fraction of sp³-hybridized carbons (Fsp3) is 0.500. The predicted molar refractivity (Wildman–Crippen MR) is 77.9 cm³/mol. The van der Waals surface area contributed by atoms with E-state index < -0.39 is 5.82 Å². The molecule has 1 heterocycles. The van der Waals surface area contributed by atoms with Crippen LogP contribution in [0.15, 0.2) is 12.1 Å². The molecule has 104 valence electrons. The van der Waals surface area contributed by atoms with Gasteiger partial charge in [0.2, 0.25) is 5.95 Å². The quantitative estimate of drug-likeness (QED) is 0.903. The molecule has 0 aliphatic rings. The van der Waals surface area contributed by atoms with Crippen LogP contribution < -0.4 is 5.73 Å². The van der Waals surface area contributed by atoms with Crippen LogP contribution in [-0.4, -0.2) is 9.55 Å². The first-order valence-corrected chi connectivity index (χ1v) is 6.94. The summed E-state index contributed by atoms with van der Waals surface area (Å²) in [5.41, 5.74) is 7.30. The Hall–Kier alpha value is -1.29.